The van der Waals surface area contributed by atoms with Gasteiger partial charge in [-0.3, -0.25) is 4.79 Å². The van der Waals surface area contributed by atoms with Crippen molar-refractivity contribution in [3.8, 4) is 0 Å². The highest BCUT2D eigenvalue weighted by atomic mass is 32.2. The maximum Gasteiger partial charge on any atom is 0.251 e. The van der Waals surface area contributed by atoms with Crippen LogP contribution >= 0.6 is 0 Å². The quantitative estimate of drug-likeness (QED) is 0.824. The Kier molecular flexibility index (Phi) is 5.71. The average molecular weight is 299 g/mol. The predicted octanol–water partition coefficient (Wildman–Crippen LogP) is 1.12. The predicted molar refractivity (Wildman–Crippen MR) is 78.2 cm³/mol. The second-order valence-corrected chi connectivity index (χ2v) is 7.37. The number of benzene rings is 1. The minimum atomic E-state index is -3.07. The standard InChI is InChI=1S/C14H21NO4S/c1-10(8-11(2)16)15-14(17)13-6-4-12(5-7-13)9-20(3,18)19/h4-7,10-11,16H,8-9H2,1-3H3,(H,15,17). The summed E-state index contributed by atoms with van der Waals surface area (Å²) in [6, 6.07) is 6.35. The molecule has 0 aliphatic carbocycles. The van der Waals surface area contributed by atoms with Gasteiger partial charge in [-0.15, -0.1) is 0 Å². The first-order chi connectivity index (χ1) is 9.17. The SMILES string of the molecule is CC(O)CC(C)NC(=O)c1ccc(CS(C)(=O)=O)cc1. The van der Waals surface area contributed by atoms with E-state index < -0.39 is 15.9 Å². The molecule has 2 atom stereocenters. The Morgan fingerprint density at radius 2 is 1.80 bits per heavy atom. The monoisotopic (exact) mass is 299 g/mol. The van der Waals surface area contributed by atoms with Gasteiger partial charge in [0.2, 0.25) is 0 Å². The summed E-state index contributed by atoms with van der Waals surface area (Å²) in [4.78, 5) is 11.9. The third-order valence-electron chi connectivity index (χ3n) is 2.72. The second-order valence-electron chi connectivity index (χ2n) is 5.23. The summed E-state index contributed by atoms with van der Waals surface area (Å²) in [5.41, 5.74) is 1.13. The molecule has 0 fully saturated rings. The number of aliphatic hydroxyl groups excluding tert-OH is 1. The Hall–Kier alpha value is -1.40. The first kappa shape index (κ1) is 16.7. The minimum Gasteiger partial charge on any atom is -0.393 e. The third kappa shape index (κ3) is 6.16. The number of carbonyl (C=O) groups is 1. The number of hydrogen-bond donors (Lipinski definition) is 2. The molecule has 0 heterocycles. The highest BCUT2D eigenvalue weighted by Gasteiger charge is 2.12. The molecule has 0 aliphatic heterocycles. The average Bonchev–Trinajstić information content (AvgIpc) is 2.26. The molecular weight excluding hydrogens is 278 g/mol. The highest BCUT2D eigenvalue weighted by Crippen LogP contribution is 2.08. The van der Waals surface area contributed by atoms with Gasteiger partial charge in [0.15, 0.2) is 9.84 Å². The fourth-order valence-electron chi connectivity index (χ4n) is 1.93. The molecule has 0 radical (unpaired) electrons. The van der Waals surface area contributed by atoms with Gasteiger partial charge in [0, 0.05) is 17.9 Å². The number of aliphatic hydroxyl groups is 1. The van der Waals surface area contributed by atoms with Crippen LogP contribution in [0.1, 0.15) is 36.2 Å². The number of nitrogens with one attached hydrogen (secondary N) is 1. The number of hydrogen-bond acceptors (Lipinski definition) is 4. The van der Waals surface area contributed by atoms with Crippen molar-refractivity contribution in [3.05, 3.63) is 35.4 Å². The van der Waals surface area contributed by atoms with Gasteiger partial charge in [-0.05, 0) is 38.0 Å². The summed E-state index contributed by atoms with van der Waals surface area (Å²) < 4.78 is 22.3. The molecule has 0 aliphatic rings. The Labute approximate surface area is 119 Å². The van der Waals surface area contributed by atoms with E-state index in [2.05, 4.69) is 5.32 Å². The van der Waals surface area contributed by atoms with Gasteiger partial charge in [-0.1, -0.05) is 12.1 Å². The third-order valence-corrected chi connectivity index (χ3v) is 3.57. The van der Waals surface area contributed by atoms with Crippen molar-refractivity contribution in [2.75, 3.05) is 6.26 Å². The first-order valence-electron chi connectivity index (χ1n) is 6.43. The first-order valence-corrected chi connectivity index (χ1v) is 8.49. The van der Waals surface area contributed by atoms with Crippen molar-refractivity contribution in [2.45, 2.75) is 38.2 Å². The molecule has 0 spiro atoms. The highest BCUT2D eigenvalue weighted by molar-refractivity contribution is 7.89. The van der Waals surface area contributed by atoms with E-state index >= 15 is 0 Å². The molecule has 2 unspecified atom stereocenters. The summed E-state index contributed by atoms with van der Waals surface area (Å²) in [5.74, 6) is -0.267. The van der Waals surface area contributed by atoms with E-state index in [-0.39, 0.29) is 17.7 Å². The van der Waals surface area contributed by atoms with Gasteiger partial charge in [0.05, 0.1) is 11.9 Å². The second kappa shape index (κ2) is 6.85. The molecule has 5 nitrogen and oxygen atoms in total. The van der Waals surface area contributed by atoms with Crippen LogP contribution in [0, 0.1) is 0 Å². The zero-order valence-corrected chi connectivity index (χ0v) is 12.8. The van der Waals surface area contributed by atoms with Crippen molar-refractivity contribution in [1.29, 1.82) is 0 Å². The number of carbonyl (C=O) groups excluding carboxylic acids is 1. The number of sulfone groups is 1. The molecule has 0 aromatic heterocycles. The normalized spacial score (nSPS) is 14.6. The van der Waals surface area contributed by atoms with Crippen LogP contribution in [-0.4, -0.2) is 37.8 Å². The molecule has 1 aromatic rings. The van der Waals surface area contributed by atoms with E-state index in [1.165, 1.54) is 6.26 Å². The van der Waals surface area contributed by atoms with Crippen LogP contribution < -0.4 is 5.32 Å². The van der Waals surface area contributed by atoms with Gasteiger partial charge in [0.25, 0.3) is 5.91 Å². The number of amides is 1. The van der Waals surface area contributed by atoms with Gasteiger partial charge in [0.1, 0.15) is 0 Å². The van der Waals surface area contributed by atoms with E-state index in [4.69, 9.17) is 0 Å². The molecule has 0 saturated heterocycles. The summed E-state index contributed by atoms with van der Waals surface area (Å²) in [7, 11) is -3.07. The molecule has 2 N–H and O–H groups in total. The maximum atomic E-state index is 11.9. The van der Waals surface area contributed by atoms with Gasteiger partial charge < -0.3 is 10.4 Å². The summed E-state index contributed by atoms with van der Waals surface area (Å²) in [6.07, 6.45) is 1.19. The van der Waals surface area contributed by atoms with E-state index in [0.29, 0.717) is 17.5 Å². The summed E-state index contributed by atoms with van der Waals surface area (Å²) >= 11 is 0. The van der Waals surface area contributed by atoms with Crippen molar-refractivity contribution in [3.63, 3.8) is 0 Å². The number of rotatable bonds is 6. The molecule has 1 aromatic carbocycles. The lowest BCUT2D eigenvalue weighted by Crippen LogP contribution is -2.34. The van der Waals surface area contributed by atoms with Gasteiger partial charge in [-0.2, -0.15) is 0 Å². The van der Waals surface area contributed by atoms with Crippen LogP contribution in [0.2, 0.25) is 0 Å². The summed E-state index contributed by atoms with van der Waals surface area (Å²) in [5, 5.41) is 12.0. The van der Waals surface area contributed by atoms with E-state index in [1.54, 1.807) is 31.2 Å². The molecule has 1 amide bonds. The Bertz CT molecular complexity index is 549. The lowest BCUT2D eigenvalue weighted by Gasteiger charge is -2.15. The molecular formula is C14H21NO4S. The van der Waals surface area contributed by atoms with Crippen LogP contribution in [0.25, 0.3) is 0 Å². The topological polar surface area (TPSA) is 83.5 Å². The van der Waals surface area contributed by atoms with E-state index in [1.807, 2.05) is 6.92 Å². The largest absolute Gasteiger partial charge is 0.393 e. The summed E-state index contributed by atoms with van der Waals surface area (Å²) in [6.45, 7) is 3.49. The van der Waals surface area contributed by atoms with Crippen LogP contribution in [0.15, 0.2) is 24.3 Å². The van der Waals surface area contributed by atoms with Gasteiger partial charge in [-0.25, -0.2) is 8.42 Å². The lowest BCUT2D eigenvalue weighted by atomic mass is 10.1. The minimum absolute atomic E-state index is 0.0344. The van der Waals surface area contributed by atoms with Crippen LogP contribution in [0.4, 0.5) is 0 Å². The smallest absolute Gasteiger partial charge is 0.251 e. The van der Waals surface area contributed by atoms with E-state index in [0.717, 1.165) is 0 Å². The van der Waals surface area contributed by atoms with Crippen molar-refractivity contribution in [1.82, 2.24) is 5.32 Å². The zero-order valence-electron chi connectivity index (χ0n) is 12.0. The molecule has 112 valence electrons. The van der Waals surface area contributed by atoms with Crippen LogP contribution in [0.3, 0.4) is 0 Å². The zero-order chi connectivity index (χ0) is 15.3. The molecule has 0 saturated carbocycles. The molecule has 0 bridgehead atoms. The maximum absolute atomic E-state index is 11.9. The van der Waals surface area contributed by atoms with Crippen molar-refractivity contribution < 1.29 is 18.3 Å². The van der Waals surface area contributed by atoms with Gasteiger partial charge >= 0.3 is 0 Å². The Balaban J connectivity index is 2.66. The van der Waals surface area contributed by atoms with E-state index in [9.17, 15) is 18.3 Å². The fraction of sp³-hybridized carbons (Fsp3) is 0.500. The molecule has 20 heavy (non-hydrogen) atoms. The fourth-order valence-corrected chi connectivity index (χ4v) is 2.73. The molecule has 1 rings (SSSR count). The van der Waals surface area contributed by atoms with Crippen LogP contribution in [0.5, 0.6) is 0 Å². The van der Waals surface area contributed by atoms with Crippen molar-refractivity contribution in [2.24, 2.45) is 0 Å². The lowest BCUT2D eigenvalue weighted by molar-refractivity contribution is 0.0923. The van der Waals surface area contributed by atoms with Crippen molar-refractivity contribution >= 4 is 15.7 Å². The van der Waals surface area contributed by atoms with Crippen LogP contribution in [-0.2, 0) is 15.6 Å². The Morgan fingerprint density at radius 1 is 1.25 bits per heavy atom. The Morgan fingerprint density at radius 3 is 2.25 bits per heavy atom. The molecule has 6 heteroatoms.